The van der Waals surface area contributed by atoms with Gasteiger partial charge in [0.25, 0.3) is 11.7 Å². The monoisotopic (exact) mass is 700 g/mol. The van der Waals surface area contributed by atoms with E-state index < -0.39 is 74.6 Å². The van der Waals surface area contributed by atoms with Gasteiger partial charge in [-0.25, -0.2) is 8.42 Å². The maximum absolute atomic E-state index is 14.0. The highest BCUT2D eigenvalue weighted by Gasteiger charge is 2.71. The number of para-hydroxylation sites is 1. The SMILES string of the molecule is O=S(=O)([O-])C(F)(F)C(Oc1ccc2c(c1)Oc1ccccc1[S+]2c1ccc(OCC(O)(C(F)(F)F)C(F)(F)F)cc1)C(F)(F)F. The van der Waals surface area contributed by atoms with Crippen LogP contribution in [0, 0.1) is 0 Å². The number of halogens is 11. The van der Waals surface area contributed by atoms with Gasteiger partial charge in [-0.2, -0.15) is 48.3 Å². The Kier molecular flexibility index (Phi) is 8.70. The lowest BCUT2D eigenvalue weighted by atomic mass is 10.0. The molecule has 0 spiro atoms. The van der Waals surface area contributed by atoms with Gasteiger partial charge < -0.3 is 23.9 Å². The number of fused-ring (bicyclic) bond motifs is 2. The third-order valence-corrected chi connectivity index (χ3v) is 9.24. The summed E-state index contributed by atoms with van der Waals surface area (Å²) in [6, 6.07) is 13.0. The summed E-state index contributed by atoms with van der Waals surface area (Å²) in [7, 11) is -8.08. The molecule has 246 valence electrons. The van der Waals surface area contributed by atoms with E-state index >= 15 is 0 Å². The summed E-state index contributed by atoms with van der Waals surface area (Å²) in [5, 5.41) is 3.36. The van der Waals surface area contributed by atoms with Crippen molar-refractivity contribution in [3.63, 3.8) is 0 Å². The van der Waals surface area contributed by atoms with Crippen LogP contribution < -0.4 is 14.2 Å². The summed E-state index contributed by atoms with van der Waals surface area (Å²) in [4.78, 5) is 0.935. The summed E-state index contributed by atoms with van der Waals surface area (Å²) in [6.45, 7) is -2.22. The molecule has 3 aromatic carbocycles. The molecule has 0 saturated heterocycles. The van der Waals surface area contributed by atoms with Crippen molar-refractivity contribution in [1.29, 1.82) is 0 Å². The highest BCUT2D eigenvalue weighted by molar-refractivity contribution is 7.97. The number of hydrogen-bond donors (Lipinski definition) is 1. The van der Waals surface area contributed by atoms with Crippen molar-refractivity contribution in [2.75, 3.05) is 6.61 Å². The summed E-state index contributed by atoms with van der Waals surface area (Å²) < 4.78 is 193. The molecule has 0 saturated carbocycles. The second kappa shape index (κ2) is 11.4. The molecule has 1 aliphatic rings. The second-order valence-corrected chi connectivity index (χ2v) is 12.6. The lowest BCUT2D eigenvalue weighted by Crippen LogP contribution is -2.60. The van der Waals surface area contributed by atoms with Crippen LogP contribution in [-0.4, -0.2) is 60.2 Å². The van der Waals surface area contributed by atoms with Crippen LogP contribution in [0.1, 0.15) is 0 Å². The van der Waals surface area contributed by atoms with Crippen LogP contribution in [0.3, 0.4) is 0 Å². The van der Waals surface area contributed by atoms with Crippen molar-refractivity contribution in [2.24, 2.45) is 0 Å². The summed E-state index contributed by atoms with van der Waals surface area (Å²) >= 11 is 0. The topological polar surface area (TPSA) is 105 Å². The summed E-state index contributed by atoms with van der Waals surface area (Å²) in [6.07, 6.45) is -22.7. The fourth-order valence-electron chi connectivity index (χ4n) is 3.78. The number of aliphatic hydroxyl groups is 1. The molecule has 1 heterocycles. The lowest BCUT2D eigenvalue weighted by Gasteiger charge is -2.31. The van der Waals surface area contributed by atoms with E-state index in [2.05, 4.69) is 9.47 Å². The molecule has 2 unspecified atom stereocenters. The van der Waals surface area contributed by atoms with E-state index in [0.717, 1.165) is 30.3 Å². The zero-order chi connectivity index (χ0) is 33.8. The molecule has 0 fully saturated rings. The van der Waals surface area contributed by atoms with Crippen LogP contribution in [0.5, 0.6) is 23.0 Å². The average molecular weight is 701 g/mol. The number of ether oxygens (including phenoxy) is 3. The predicted octanol–water partition coefficient (Wildman–Crippen LogP) is 6.57. The predicted molar refractivity (Wildman–Crippen MR) is 129 cm³/mol. The fraction of sp³-hybridized carbons (Fsp3) is 0.280. The smallest absolute Gasteiger partial charge is 0.432 e. The van der Waals surface area contributed by atoms with Crippen LogP contribution in [0.2, 0.25) is 0 Å². The maximum Gasteiger partial charge on any atom is 0.432 e. The first-order chi connectivity index (χ1) is 20.5. The first kappa shape index (κ1) is 34.4. The van der Waals surface area contributed by atoms with Crippen molar-refractivity contribution in [1.82, 2.24) is 0 Å². The first-order valence-electron chi connectivity index (χ1n) is 11.8. The van der Waals surface area contributed by atoms with Gasteiger partial charge in [-0.15, -0.1) is 0 Å². The zero-order valence-corrected chi connectivity index (χ0v) is 23.1. The van der Waals surface area contributed by atoms with Gasteiger partial charge in [0, 0.05) is 12.1 Å². The molecule has 0 amide bonds. The van der Waals surface area contributed by atoms with Gasteiger partial charge in [0.1, 0.15) is 29.0 Å². The van der Waals surface area contributed by atoms with Crippen LogP contribution in [0.4, 0.5) is 48.3 Å². The Morgan fingerprint density at radius 1 is 0.778 bits per heavy atom. The van der Waals surface area contributed by atoms with E-state index in [9.17, 15) is 66.4 Å². The van der Waals surface area contributed by atoms with Crippen LogP contribution in [0.15, 0.2) is 81.4 Å². The zero-order valence-electron chi connectivity index (χ0n) is 21.5. The highest BCUT2D eigenvalue weighted by atomic mass is 32.2. The standard InChI is InChI=1S/C25H15F11O7S2/c26-22(27,28)20(23(29,30)45(38,39)40)42-14-7-10-19-17(11-14)43-16-3-1-2-4-18(16)44(19)15-8-5-13(6-9-15)41-12-21(37,24(31,32)33)25(34,35)36/h1-11,20,37H,12H2. The first-order valence-corrected chi connectivity index (χ1v) is 14.4. The van der Waals surface area contributed by atoms with E-state index in [1.165, 1.54) is 24.3 Å². The van der Waals surface area contributed by atoms with E-state index in [-0.39, 0.29) is 16.4 Å². The van der Waals surface area contributed by atoms with E-state index in [1.807, 2.05) is 0 Å². The Labute approximate surface area is 248 Å². The molecule has 0 aliphatic carbocycles. The quantitative estimate of drug-likeness (QED) is 0.126. The normalized spacial score (nSPS) is 16.7. The van der Waals surface area contributed by atoms with Gasteiger partial charge in [-0.1, -0.05) is 12.1 Å². The van der Waals surface area contributed by atoms with Gasteiger partial charge in [0.05, 0.1) is 0 Å². The Morgan fingerprint density at radius 3 is 1.84 bits per heavy atom. The van der Waals surface area contributed by atoms with Crippen molar-refractivity contribution in [2.45, 2.75) is 50.2 Å². The van der Waals surface area contributed by atoms with Crippen molar-refractivity contribution < 1.29 is 80.6 Å². The molecule has 4 rings (SSSR count). The molecule has 1 N–H and O–H groups in total. The number of hydrogen-bond acceptors (Lipinski definition) is 7. The largest absolute Gasteiger partial charge is 0.743 e. The van der Waals surface area contributed by atoms with Crippen molar-refractivity contribution >= 4 is 21.0 Å². The molecule has 1 aliphatic heterocycles. The molecule has 0 aromatic heterocycles. The number of benzene rings is 3. The molecule has 3 aromatic rings. The Balaban J connectivity index is 1.68. The van der Waals surface area contributed by atoms with Crippen LogP contribution >= 0.6 is 0 Å². The number of alkyl halides is 11. The molecule has 2 atom stereocenters. The number of rotatable bonds is 8. The second-order valence-electron chi connectivity index (χ2n) is 9.13. The average Bonchev–Trinajstić information content (AvgIpc) is 2.91. The highest BCUT2D eigenvalue weighted by Crippen LogP contribution is 2.49. The van der Waals surface area contributed by atoms with Gasteiger partial charge in [-0.05, 0) is 42.5 Å². The van der Waals surface area contributed by atoms with Crippen molar-refractivity contribution in [3.8, 4) is 23.0 Å². The Morgan fingerprint density at radius 2 is 1.31 bits per heavy atom. The van der Waals surface area contributed by atoms with Gasteiger partial charge >= 0.3 is 23.8 Å². The van der Waals surface area contributed by atoms with Gasteiger partial charge in [0.15, 0.2) is 26.5 Å². The molecule has 0 bridgehead atoms. The Hall–Kier alpha value is -3.49. The fourth-order valence-corrected chi connectivity index (χ4v) is 6.41. The van der Waals surface area contributed by atoms with Gasteiger partial charge in [0.2, 0.25) is 9.79 Å². The van der Waals surface area contributed by atoms with E-state index in [1.54, 1.807) is 12.1 Å². The molecule has 45 heavy (non-hydrogen) atoms. The maximum atomic E-state index is 14.0. The molecule has 7 nitrogen and oxygen atoms in total. The molecule has 20 heteroatoms. The molecular formula is C25H15F11O7S2. The van der Waals surface area contributed by atoms with E-state index in [4.69, 9.17) is 4.74 Å². The summed E-state index contributed by atoms with van der Waals surface area (Å²) in [5.74, 6) is -1.63. The minimum absolute atomic E-state index is 0.103. The summed E-state index contributed by atoms with van der Waals surface area (Å²) in [5.41, 5.74) is -5.17. The van der Waals surface area contributed by atoms with Crippen LogP contribution in [-0.2, 0) is 21.0 Å². The minimum atomic E-state index is -6.83. The molecule has 0 radical (unpaired) electrons. The van der Waals surface area contributed by atoms with Gasteiger partial charge in [-0.3, -0.25) is 0 Å². The third kappa shape index (κ3) is 6.59. The Bertz CT molecular complexity index is 1640. The molecular weight excluding hydrogens is 685 g/mol. The minimum Gasteiger partial charge on any atom is -0.743 e. The van der Waals surface area contributed by atoms with Crippen molar-refractivity contribution in [3.05, 3.63) is 66.7 Å². The van der Waals surface area contributed by atoms with E-state index in [0.29, 0.717) is 9.79 Å². The third-order valence-electron chi connectivity index (χ3n) is 6.06. The lowest BCUT2D eigenvalue weighted by molar-refractivity contribution is -0.373. The van der Waals surface area contributed by atoms with Crippen LogP contribution in [0.25, 0.3) is 0 Å².